The van der Waals surface area contributed by atoms with E-state index < -0.39 is 0 Å². The first-order valence-corrected chi connectivity index (χ1v) is 13.3. The number of nitrogens with one attached hydrogen (secondary N) is 2. The van der Waals surface area contributed by atoms with Crippen molar-refractivity contribution < 1.29 is 0 Å². The van der Waals surface area contributed by atoms with Crippen molar-refractivity contribution in [1.29, 1.82) is 0 Å². The van der Waals surface area contributed by atoms with E-state index in [-0.39, 0.29) is 0 Å². The van der Waals surface area contributed by atoms with Gasteiger partial charge in [0.25, 0.3) is 0 Å². The van der Waals surface area contributed by atoms with E-state index in [1.54, 1.807) is 0 Å². The Morgan fingerprint density at radius 3 is 2.06 bits per heavy atom. The van der Waals surface area contributed by atoms with Crippen LogP contribution in [-0.4, -0.2) is 92.7 Å². The Kier molecular flexibility index (Phi) is 6.57. The summed E-state index contributed by atoms with van der Waals surface area (Å²) >= 11 is 0. The van der Waals surface area contributed by atoms with Gasteiger partial charge in [-0.1, -0.05) is 36.4 Å². The van der Waals surface area contributed by atoms with Crippen LogP contribution in [0.15, 0.2) is 54.7 Å². The Morgan fingerprint density at radius 2 is 1.36 bits per heavy atom. The van der Waals surface area contributed by atoms with Crippen molar-refractivity contribution in [3.63, 3.8) is 0 Å². The minimum Gasteiger partial charge on any atom is -0.369 e. The second-order valence-electron chi connectivity index (χ2n) is 10.6. The lowest BCUT2D eigenvalue weighted by Crippen LogP contribution is -2.44. The molecular formula is C30H38N6. The zero-order valence-electron chi connectivity index (χ0n) is 21.6. The van der Waals surface area contributed by atoms with Crippen LogP contribution in [0.3, 0.4) is 0 Å². The number of anilines is 2. The van der Waals surface area contributed by atoms with Crippen LogP contribution in [0.4, 0.5) is 11.5 Å². The smallest absolute Gasteiger partial charge is 0.111 e. The van der Waals surface area contributed by atoms with E-state index in [1.165, 1.54) is 39.1 Å². The summed E-state index contributed by atoms with van der Waals surface area (Å²) in [5.74, 6) is 1.12. The lowest BCUT2D eigenvalue weighted by molar-refractivity contribution is 0.148. The van der Waals surface area contributed by atoms with Crippen LogP contribution in [0.1, 0.15) is 16.7 Å². The average Bonchev–Trinajstić information content (AvgIpc) is 3.34. The van der Waals surface area contributed by atoms with Crippen molar-refractivity contribution in [2.45, 2.75) is 6.54 Å². The molecule has 0 atom stereocenters. The van der Waals surface area contributed by atoms with Crippen LogP contribution in [0.25, 0.3) is 22.8 Å². The molecule has 3 aliphatic heterocycles. The van der Waals surface area contributed by atoms with Crippen LogP contribution in [0.5, 0.6) is 0 Å². The largest absolute Gasteiger partial charge is 0.369 e. The number of aromatic amines is 1. The molecule has 6 nitrogen and oxygen atoms in total. The van der Waals surface area contributed by atoms with Crippen LogP contribution in [0, 0.1) is 0 Å². The van der Waals surface area contributed by atoms with Gasteiger partial charge in [-0.25, -0.2) is 0 Å². The van der Waals surface area contributed by atoms with Crippen LogP contribution < -0.4 is 10.2 Å². The molecule has 6 heteroatoms. The average molecular weight is 483 g/mol. The molecule has 0 bridgehead atoms. The number of hydrogen-bond donors (Lipinski definition) is 2. The van der Waals surface area contributed by atoms with Gasteiger partial charge in [-0.3, -0.25) is 4.90 Å². The molecule has 6 rings (SSSR count). The molecule has 0 aliphatic carbocycles. The summed E-state index contributed by atoms with van der Waals surface area (Å²) in [5.41, 5.74) is 9.12. The highest BCUT2D eigenvalue weighted by atomic mass is 15.3. The van der Waals surface area contributed by atoms with Gasteiger partial charge in [0.05, 0.1) is 0 Å². The van der Waals surface area contributed by atoms with Crippen molar-refractivity contribution in [2.24, 2.45) is 0 Å². The number of piperazine rings is 2. The van der Waals surface area contributed by atoms with E-state index in [1.807, 2.05) is 0 Å². The Labute approximate surface area is 215 Å². The molecule has 2 saturated heterocycles. The molecule has 0 unspecified atom stereocenters. The van der Waals surface area contributed by atoms with E-state index in [9.17, 15) is 0 Å². The molecular weight excluding hydrogens is 444 g/mol. The fraction of sp³-hybridized carbons (Fsp3) is 0.400. The second-order valence-corrected chi connectivity index (χ2v) is 10.6. The standard InChI is InChI=1S/C30H38N6/c1-33-11-15-35(16-12-33)22-23-3-5-25(6-4-23)29-21-32-30-28(29)19-26(20-31-30)24-7-9-27(10-8-24)36-17-13-34(2)14-18-36/h3-10,19,21,31-32H,11-18,20,22H2,1-2H3. The molecule has 3 aliphatic rings. The third-order valence-corrected chi connectivity index (χ3v) is 8.07. The van der Waals surface area contributed by atoms with Gasteiger partial charge in [0.15, 0.2) is 0 Å². The number of hydrogen-bond acceptors (Lipinski definition) is 5. The molecule has 36 heavy (non-hydrogen) atoms. The van der Waals surface area contributed by atoms with Gasteiger partial charge in [0.1, 0.15) is 5.82 Å². The second kappa shape index (κ2) is 10.1. The summed E-state index contributed by atoms with van der Waals surface area (Å²) < 4.78 is 0. The monoisotopic (exact) mass is 482 g/mol. The van der Waals surface area contributed by atoms with E-state index in [0.717, 1.165) is 71.3 Å². The number of H-pyrrole nitrogens is 1. The Balaban J connectivity index is 1.17. The number of likely N-dealkylation sites (N-methyl/N-ethyl adjacent to an activating group) is 2. The first-order valence-electron chi connectivity index (χ1n) is 13.3. The van der Waals surface area contributed by atoms with Crippen LogP contribution >= 0.6 is 0 Å². The Hall–Kier alpha value is -3.06. The molecule has 0 radical (unpaired) electrons. The fourth-order valence-electron chi connectivity index (χ4n) is 5.57. The number of benzene rings is 2. The van der Waals surface area contributed by atoms with E-state index >= 15 is 0 Å². The van der Waals surface area contributed by atoms with Gasteiger partial charge < -0.3 is 25.0 Å². The number of fused-ring (bicyclic) bond motifs is 1. The van der Waals surface area contributed by atoms with E-state index in [0.29, 0.717) is 0 Å². The minimum absolute atomic E-state index is 0.838. The molecule has 2 N–H and O–H groups in total. The van der Waals surface area contributed by atoms with Crippen molar-refractivity contribution in [1.82, 2.24) is 19.7 Å². The topological polar surface area (TPSA) is 40.8 Å². The van der Waals surface area contributed by atoms with Gasteiger partial charge in [-0.15, -0.1) is 0 Å². The number of nitrogens with zero attached hydrogens (tertiary/aromatic N) is 4. The number of rotatable bonds is 5. The normalized spacial score (nSPS) is 19.6. The summed E-state index contributed by atoms with van der Waals surface area (Å²) in [5, 5.41) is 3.60. The van der Waals surface area contributed by atoms with Crippen molar-refractivity contribution in [2.75, 3.05) is 83.2 Å². The molecule has 0 saturated carbocycles. The maximum Gasteiger partial charge on any atom is 0.111 e. The quantitative estimate of drug-likeness (QED) is 0.572. The summed E-state index contributed by atoms with van der Waals surface area (Å²) in [4.78, 5) is 13.3. The van der Waals surface area contributed by atoms with Crippen LogP contribution in [-0.2, 0) is 6.54 Å². The predicted octanol–water partition coefficient (Wildman–Crippen LogP) is 4.15. The summed E-state index contributed by atoms with van der Waals surface area (Å²) in [6.45, 7) is 11.0. The third-order valence-electron chi connectivity index (χ3n) is 8.07. The van der Waals surface area contributed by atoms with Gasteiger partial charge >= 0.3 is 0 Å². The highest BCUT2D eigenvalue weighted by Crippen LogP contribution is 2.36. The Morgan fingerprint density at radius 1 is 0.722 bits per heavy atom. The third kappa shape index (κ3) is 4.94. The van der Waals surface area contributed by atoms with Crippen molar-refractivity contribution in [3.05, 3.63) is 71.4 Å². The van der Waals surface area contributed by atoms with Gasteiger partial charge in [0, 0.05) is 88.5 Å². The number of aromatic nitrogens is 1. The van der Waals surface area contributed by atoms with Crippen molar-refractivity contribution in [3.8, 4) is 11.1 Å². The van der Waals surface area contributed by atoms with E-state index in [2.05, 4.69) is 105 Å². The molecule has 2 fully saturated rings. The maximum absolute atomic E-state index is 3.60. The fourth-order valence-corrected chi connectivity index (χ4v) is 5.57. The molecule has 0 amide bonds. The summed E-state index contributed by atoms with van der Waals surface area (Å²) in [7, 11) is 4.41. The maximum atomic E-state index is 3.60. The van der Waals surface area contributed by atoms with Gasteiger partial charge in [0.2, 0.25) is 0 Å². The van der Waals surface area contributed by atoms with E-state index in [4.69, 9.17) is 0 Å². The SMILES string of the molecule is CN1CCN(Cc2ccc(-c3c[nH]c4c3C=C(c3ccc(N5CCN(C)CC5)cc3)CN4)cc2)CC1. The molecule has 0 spiro atoms. The minimum atomic E-state index is 0.838. The lowest BCUT2D eigenvalue weighted by atomic mass is 9.96. The first kappa shape index (κ1) is 23.3. The highest BCUT2D eigenvalue weighted by molar-refractivity contribution is 5.95. The van der Waals surface area contributed by atoms with Gasteiger partial charge in [-0.05, 0) is 54.6 Å². The summed E-state index contributed by atoms with van der Waals surface area (Å²) in [6, 6.07) is 18.3. The zero-order valence-corrected chi connectivity index (χ0v) is 21.6. The molecule has 188 valence electrons. The highest BCUT2D eigenvalue weighted by Gasteiger charge is 2.19. The molecule has 2 aromatic carbocycles. The summed E-state index contributed by atoms with van der Waals surface area (Å²) in [6.07, 6.45) is 4.50. The van der Waals surface area contributed by atoms with Crippen LogP contribution in [0.2, 0.25) is 0 Å². The zero-order chi connectivity index (χ0) is 24.5. The van der Waals surface area contributed by atoms with Crippen molar-refractivity contribution >= 4 is 23.2 Å². The first-order chi connectivity index (χ1) is 17.6. The Bertz CT molecular complexity index is 1190. The molecule has 3 aromatic rings. The molecule has 1 aromatic heterocycles. The molecule has 4 heterocycles. The predicted molar refractivity (Wildman–Crippen MR) is 152 cm³/mol. The lowest BCUT2D eigenvalue weighted by Gasteiger charge is -2.34. The van der Waals surface area contributed by atoms with Gasteiger partial charge in [-0.2, -0.15) is 0 Å².